The molecular formula is C6H7N3O3. The summed E-state index contributed by atoms with van der Waals surface area (Å²) in [6, 6.07) is 0. The number of aryl methyl sites for hydroxylation is 1. The van der Waals surface area contributed by atoms with Crippen molar-refractivity contribution in [3.8, 4) is 0 Å². The van der Waals surface area contributed by atoms with Gasteiger partial charge in [0, 0.05) is 13.2 Å². The fourth-order valence-electron chi connectivity index (χ4n) is 0.738. The van der Waals surface area contributed by atoms with Gasteiger partial charge in [-0.2, -0.15) is 0 Å². The van der Waals surface area contributed by atoms with Crippen LogP contribution in [0.5, 0.6) is 0 Å². The minimum absolute atomic E-state index is 0.125. The second-order valence-electron chi connectivity index (χ2n) is 2.20. The van der Waals surface area contributed by atoms with Gasteiger partial charge in [0.05, 0.1) is 11.8 Å². The fourth-order valence-corrected chi connectivity index (χ4v) is 0.738. The second kappa shape index (κ2) is 3.04. The van der Waals surface area contributed by atoms with Crippen LogP contribution >= 0.6 is 0 Å². The molecule has 1 aromatic rings. The summed E-state index contributed by atoms with van der Waals surface area (Å²) in [5.41, 5.74) is -0.953. The first-order valence-electron chi connectivity index (χ1n) is 3.12. The van der Waals surface area contributed by atoms with Gasteiger partial charge >= 0.3 is 5.69 Å². The molecule has 0 amide bonds. The zero-order valence-electron chi connectivity index (χ0n) is 6.31. The van der Waals surface area contributed by atoms with Gasteiger partial charge in [0.1, 0.15) is 0 Å². The molecular weight excluding hydrogens is 162 g/mol. The van der Waals surface area contributed by atoms with Crippen molar-refractivity contribution in [1.82, 2.24) is 9.55 Å². The number of nitrogens with one attached hydrogen (secondary N) is 1. The zero-order valence-corrected chi connectivity index (χ0v) is 6.31. The van der Waals surface area contributed by atoms with Crippen LogP contribution in [0.15, 0.2) is 20.9 Å². The molecule has 0 aromatic carbocycles. The maximum absolute atomic E-state index is 10.9. The molecule has 0 aliphatic carbocycles. The van der Waals surface area contributed by atoms with Gasteiger partial charge in [-0.3, -0.25) is 9.78 Å². The van der Waals surface area contributed by atoms with Crippen molar-refractivity contribution in [2.45, 2.75) is 0 Å². The molecule has 0 saturated carbocycles. The maximum atomic E-state index is 10.9. The van der Waals surface area contributed by atoms with Crippen LogP contribution < -0.4 is 11.2 Å². The predicted molar refractivity (Wildman–Crippen MR) is 41.7 cm³/mol. The van der Waals surface area contributed by atoms with Gasteiger partial charge < -0.3 is 9.77 Å². The maximum Gasteiger partial charge on any atom is 0.328 e. The number of nitrogens with zero attached hydrogens (tertiary/aromatic N) is 2. The molecule has 0 radical (unpaired) electrons. The van der Waals surface area contributed by atoms with Crippen LogP contribution in [0.3, 0.4) is 0 Å². The summed E-state index contributed by atoms with van der Waals surface area (Å²) in [5.74, 6) is 0. The van der Waals surface area contributed by atoms with E-state index in [4.69, 9.17) is 5.21 Å². The summed E-state index contributed by atoms with van der Waals surface area (Å²) >= 11 is 0. The number of rotatable bonds is 1. The first kappa shape index (κ1) is 8.25. The monoisotopic (exact) mass is 169 g/mol. The number of hydrogen-bond acceptors (Lipinski definition) is 4. The Labute approximate surface area is 66.8 Å². The minimum Gasteiger partial charge on any atom is -0.411 e. The Hall–Kier alpha value is -1.85. The highest BCUT2D eigenvalue weighted by molar-refractivity contribution is 5.77. The van der Waals surface area contributed by atoms with Crippen molar-refractivity contribution in [3.63, 3.8) is 0 Å². The summed E-state index contributed by atoms with van der Waals surface area (Å²) in [5, 5.41) is 10.8. The quantitative estimate of drug-likeness (QED) is 0.317. The number of aromatic amines is 1. The first-order valence-corrected chi connectivity index (χ1v) is 3.12. The Kier molecular flexibility index (Phi) is 2.09. The van der Waals surface area contributed by atoms with Gasteiger partial charge in [0.25, 0.3) is 5.56 Å². The third-order valence-corrected chi connectivity index (χ3v) is 1.33. The van der Waals surface area contributed by atoms with Gasteiger partial charge in [0.2, 0.25) is 0 Å². The Morgan fingerprint density at radius 1 is 1.67 bits per heavy atom. The molecule has 1 aromatic heterocycles. The summed E-state index contributed by atoms with van der Waals surface area (Å²) < 4.78 is 1.18. The van der Waals surface area contributed by atoms with Gasteiger partial charge in [-0.15, -0.1) is 0 Å². The van der Waals surface area contributed by atoms with E-state index >= 15 is 0 Å². The molecule has 0 unspecified atom stereocenters. The smallest absolute Gasteiger partial charge is 0.328 e. The van der Waals surface area contributed by atoms with E-state index in [1.807, 2.05) is 4.98 Å². The lowest BCUT2D eigenvalue weighted by atomic mass is 10.4. The lowest BCUT2D eigenvalue weighted by Crippen LogP contribution is -2.29. The molecule has 1 rings (SSSR count). The third-order valence-electron chi connectivity index (χ3n) is 1.33. The molecule has 6 heteroatoms. The number of H-pyrrole nitrogens is 1. The topological polar surface area (TPSA) is 87.4 Å². The number of aromatic nitrogens is 2. The molecule has 0 bridgehead atoms. The van der Waals surface area contributed by atoms with Crippen molar-refractivity contribution in [2.75, 3.05) is 0 Å². The standard InChI is InChI=1S/C6H7N3O3/c1-9-3-4(2-7-12)5(10)8-6(9)11/h2-3,12H,1H3,(H,8,10,11)/b7-2+. The van der Waals surface area contributed by atoms with Crippen LogP contribution in [0.1, 0.15) is 5.56 Å². The number of oxime groups is 1. The molecule has 1 heterocycles. The summed E-state index contributed by atoms with van der Waals surface area (Å²) in [7, 11) is 1.48. The normalized spacial score (nSPS) is 10.8. The van der Waals surface area contributed by atoms with Crippen LogP contribution in [-0.4, -0.2) is 21.0 Å². The highest BCUT2D eigenvalue weighted by Crippen LogP contribution is 1.79. The van der Waals surface area contributed by atoms with E-state index in [0.29, 0.717) is 0 Å². The summed E-state index contributed by atoms with van der Waals surface area (Å²) in [6.45, 7) is 0. The molecule has 6 nitrogen and oxygen atoms in total. The summed E-state index contributed by atoms with van der Waals surface area (Å²) in [6.07, 6.45) is 2.24. The zero-order chi connectivity index (χ0) is 9.14. The van der Waals surface area contributed by atoms with Crippen molar-refractivity contribution >= 4 is 6.21 Å². The Bertz CT molecular complexity index is 415. The molecule has 0 saturated heterocycles. The first-order chi connectivity index (χ1) is 5.65. The van der Waals surface area contributed by atoms with E-state index in [0.717, 1.165) is 6.21 Å². The van der Waals surface area contributed by atoms with Crippen molar-refractivity contribution in [3.05, 3.63) is 32.6 Å². The Morgan fingerprint density at radius 2 is 2.33 bits per heavy atom. The average molecular weight is 169 g/mol. The Morgan fingerprint density at radius 3 is 2.92 bits per heavy atom. The minimum atomic E-state index is -0.573. The van der Waals surface area contributed by atoms with Gasteiger partial charge in [-0.25, -0.2) is 4.79 Å². The van der Waals surface area contributed by atoms with Crippen LogP contribution in [0.4, 0.5) is 0 Å². The van der Waals surface area contributed by atoms with Gasteiger partial charge in [0.15, 0.2) is 0 Å². The van der Waals surface area contributed by atoms with Crippen molar-refractivity contribution in [2.24, 2.45) is 12.2 Å². The molecule has 0 fully saturated rings. The van der Waals surface area contributed by atoms with Crippen LogP contribution in [0.2, 0.25) is 0 Å². The molecule has 0 atom stereocenters. The highest BCUT2D eigenvalue weighted by Gasteiger charge is 1.98. The molecule has 12 heavy (non-hydrogen) atoms. The second-order valence-corrected chi connectivity index (χ2v) is 2.20. The van der Waals surface area contributed by atoms with Gasteiger partial charge in [-0.05, 0) is 0 Å². The van der Waals surface area contributed by atoms with Gasteiger partial charge in [-0.1, -0.05) is 5.16 Å². The van der Waals surface area contributed by atoms with E-state index in [2.05, 4.69) is 5.16 Å². The lowest BCUT2D eigenvalue weighted by molar-refractivity contribution is 0.321. The average Bonchev–Trinajstić information content (AvgIpc) is 2.01. The third kappa shape index (κ3) is 1.42. The van der Waals surface area contributed by atoms with E-state index in [-0.39, 0.29) is 5.56 Å². The molecule has 2 N–H and O–H groups in total. The largest absolute Gasteiger partial charge is 0.411 e. The predicted octanol–water partition coefficient (Wildman–Crippen LogP) is -1.12. The van der Waals surface area contributed by atoms with Crippen molar-refractivity contribution < 1.29 is 5.21 Å². The van der Waals surface area contributed by atoms with E-state index in [1.54, 1.807) is 0 Å². The summed E-state index contributed by atoms with van der Waals surface area (Å²) in [4.78, 5) is 23.7. The van der Waals surface area contributed by atoms with Crippen LogP contribution in [-0.2, 0) is 7.05 Å². The highest BCUT2D eigenvalue weighted by atomic mass is 16.4. The van der Waals surface area contributed by atoms with Crippen LogP contribution in [0, 0.1) is 0 Å². The SMILES string of the molecule is Cn1cc(/C=N/O)c(=O)[nH]c1=O. The Balaban J connectivity index is 3.43. The molecule has 0 aliphatic heterocycles. The van der Waals surface area contributed by atoms with E-state index in [9.17, 15) is 9.59 Å². The van der Waals surface area contributed by atoms with E-state index < -0.39 is 11.2 Å². The lowest BCUT2D eigenvalue weighted by Gasteiger charge is -1.95. The van der Waals surface area contributed by atoms with E-state index in [1.165, 1.54) is 17.8 Å². The van der Waals surface area contributed by atoms with Crippen molar-refractivity contribution in [1.29, 1.82) is 0 Å². The molecule has 0 aliphatic rings. The fraction of sp³-hybridized carbons (Fsp3) is 0.167. The number of hydrogen-bond donors (Lipinski definition) is 2. The molecule has 64 valence electrons. The van der Waals surface area contributed by atoms with Crippen LogP contribution in [0.25, 0.3) is 0 Å². The molecule has 0 spiro atoms.